The second kappa shape index (κ2) is 9.71. The zero-order valence-corrected chi connectivity index (χ0v) is 15.3. The summed E-state index contributed by atoms with van der Waals surface area (Å²) in [5.74, 6) is 0. The lowest BCUT2D eigenvalue weighted by molar-refractivity contribution is 0.165. The Morgan fingerprint density at radius 3 is 2.28 bits per heavy atom. The van der Waals surface area contributed by atoms with Crippen molar-refractivity contribution in [2.24, 2.45) is 0 Å². The second-order valence-electron chi connectivity index (χ2n) is 7.02. The van der Waals surface area contributed by atoms with Crippen LogP contribution in [-0.4, -0.2) is 37.7 Å². The van der Waals surface area contributed by atoms with E-state index in [1.54, 1.807) is 7.11 Å². The van der Waals surface area contributed by atoms with Crippen LogP contribution in [0.5, 0.6) is 0 Å². The number of rotatable bonds is 9. The molecule has 2 aromatic rings. The first kappa shape index (κ1) is 18.1. The van der Waals surface area contributed by atoms with Gasteiger partial charge in [-0.25, -0.2) is 0 Å². The van der Waals surface area contributed by atoms with Crippen LogP contribution in [0.3, 0.4) is 0 Å². The van der Waals surface area contributed by atoms with Crippen LogP contribution < -0.4 is 5.32 Å². The van der Waals surface area contributed by atoms with Crippen molar-refractivity contribution in [1.82, 2.24) is 10.2 Å². The Morgan fingerprint density at radius 2 is 1.60 bits per heavy atom. The Balaban J connectivity index is 1.49. The first-order valence-electron chi connectivity index (χ1n) is 9.40. The fraction of sp³-hybridized carbons (Fsp3) is 0.455. The summed E-state index contributed by atoms with van der Waals surface area (Å²) < 4.78 is 5.39. The molecule has 0 bridgehead atoms. The van der Waals surface area contributed by atoms with Crippen LogP contribution in [0.2, 0.25) is 0 Å². The number of nitrogens with one attached hydrogen (secondary N) is 1. The molecule has 0 amide bonds. The van der Waals surface area contributed by atoms with Crippen molar-refractivity contribution >= 4 is 0 Å². The number of likely N-dealkylation sites (tertiary alicyclic amines) is 1. The fourth-order valence-electron chi connectivity index (χ4n) is 3.51. The highest BCUT2D eigenvalue weighted by Gasteiger charge is 2.12. The van der Waals surface area contributed by atoms with Crippen LogP contribution in [0.4, 0.5) is 0 Å². The van der Waals surface area contributed by atoms with Crippen LogP contribution in [0.1, 0.15) is 29.5 Å². The predicted octanol–water partition coefficient (Wildman–Crippen LogP) is 3.63. The van der Waals surface area contributed by atoms with E-state index in [1.165, 1.54) is 42.6 Å². The molecule has 25 heavy (non-hydrogen) atoms. The standard InChI is InChI=1S/C22H30N2O/c1-25-18-22(15-19-7-3-2-4-8-19)23-16-20-9-11-21(12-10-20)17-24-13-5-6-14-24/h2-4,7-12,22-23H,5-6,13-18H2,1H3/t22-/m0/s1. The lowest BCUT2D eigenvalue weighted by Crippen LogP contribution is -2.34. The topological polar surface area (TPSA) is 24.5 Å². The average molecular weight is 338 g/mol. The minimum atomic E-state index is 0.330. The minimum Gasteiger partial charge on any atom is -0.383 e. The number of ether oxygens (including phenoxy) is 1. The van der Waals surface area contributed by atoms with Crippen molar-refractivity contribution in [3.8, 4) is 0 Å². The lowest BCUT2D eigenvalue weighted by atomic mass is 10.1. The fourth-order valence-corrected chi connectivity index (χ4v) is 3.51. The SMILES string of the molecule is COC[C@H](Cc1ccccc1)NCc1ccc(CN2CCCC2)cc1. The van der Waals surface area contributed by atoms with Gasteiger partial charge in [-0.2, -0.15) is 0 Å². The molecule has 1 heterocycles. The highest BCUT2D eigenvalue weighted by atomic mass is 16.5. The smallest absolute Gasteiger partial charge is 0.0619 e. The van der Waals surface area contributed by atoms with Gasteiger partial charge in [0.1, 0.15) is 0 Å². The van der Waals surface area contributed by atoms with E-state index in [1.807, 2.05) is 0 Å². The summed E-state index contributed by atoms with van der Waals surface area (Å²) in [6.45, 7) is 5.20. The van der Waals surface area contributed by atoms with Gasteiger partial charge in [0.2, 0.25) is 0 Å². The van der Waals surface area contributed by atoms with Gasteiger partial charge in [0.25, 0.3) is 0 Å². The Morgan fingerprint density at radius 1 is 0.920 bits per heavy atom. The molecule has 1 saturated heterocycles. The first-order valence-corrected chi connectivity index (χ1v) is 9.40. The van der Waals surface area contributed by atoms with E-state index < -0.39 is 0 Å². The van der Waals surface area contributed by atoms with E-state index in [0.29, 0.717) is 6.04 Å². The Kier molecular flexibility index (Phi) is 7.04. The molecule has 0 aromatic heterocycles. The Labute approximate surface area is 152 Å². The predicted molar refractivity (Wildman–Crippen MR) is 104 cm³/mol. The minimum absolute atomic E-state index is 0.330. The van der Waals surface area contributed by atoms with Crippen molar-refractivity contribution in [1.29, 1.82) is 0 Å². The summed E-state index contributed by atoms with van der Waals surface area (Å²) in [5.41, 5.74) is 4.10. The number of nitrogens with zero attached hydrogens (tertiary/aromatic N) is 1. The summed E-state index contributed by atoms with van der Waals surface area (Å²) in [6, 6.07) is 20.0. The molecule has 2 aromatic carbocycles. The molecular formula is C22H30N2O. The van der Waals surface area contributed by atoms with Crippen LogP contribution in [0, 0.1) is 0 Å². The summed E-state index contributed by atoms with van der Waals surface area (Å²) in [7, 11) is 1.77. The largest absolute Gasteiger partial charge is 0.383 e. The molecule has 1 aliphatic heterocycles. The molecule has 1 aliphatic rings. The summed E-state index contributed by atoms with van der Waals surface area (Å²) >= 11 is 0. The Bertz CT molecular complexity index is 606. The van der Waals surface area contributed by atoms with Gasteiger partial charge < -0.3 is 10.1 Å². The molecule has 3 nitrogen and oxygen atoms in total. The third-order valence-electron chi connectivity index (χ3n) is 4.92. The van der Waals surface area contributed by atoms with E-state index in [4.69, 9.17) is 4.74 Å². The molecule has 0 unspecified atom stereocenters. The number of benzene rings is 2. The van der Waals surface area contributed by atoms with E-state index in [-0.39, 0.29) is 0 Å². The van der Waals surface area contributed by atoms with Crippen LogP contribution in [0.25, 0.3) is 0 Å². The summed E-state index contributed by atoms with van der Waals surface area (Å²) in [5, 5.41) is 3.64. The van der Waals surface area contributed by atoms with E-state index in [2.05, 4.69) is 64.8 Å². The zero-order valence-electron chi connectivity index (χ0n) is 15.3. The molecule has 0 spiro atoms. The molecule has 3 heteroatoms. The summed E-state index contributed by atoms with van der Waals surface area (Å²) in [4.78, 5) is 2.54. The molecule has 134 valence electrons. The maximum atomic E-state index is 5.39. The van der Waals surface area contributed by atoms with Gasteiger partial charge in [-0.05, 0) is 49.0 Å². The molecule has 0 saturated carbocycles. The molecular weight excluding hydrogens is 308 g/mol. The van der Waals surface area contributed by atoms with E-state index in [9.17, 15) is 0 Å². The van der Waals surface area contributed by atoms with Crippen molar-refractivity contribution < 1.29 is 4.74 Å². The molecule has 1 fully saturated rings. The molecule has 0 aliphatic carbocycles. The van der Waals surface area contributed by atoms with E-state index >= 15 is 0 Å². The van der Waals surface area contributed by atoms with Gasteiger partial charge in [0.05, 0.1) is 6.61 Å². The van der Waals surface area contributed by atoms with Crippen LogP contribution >= 0.6 is 0 Å². The van der Waals surface area contributed by atoms with Crippen molar-refractivity contribution in [2.45, 2.75) is 38.4 Å². The Hall–Kier alpha value is -1.68. The summed E-state index contributed by atoms with van der Waals surface area (Å²) in [6.07, 6.45) is 3.69. The van der Waals surface area contributed by atoms with Gasteiger partial charge in [-0.1, -0.05) is 54.6 Å². The van der Waals surface area contributed by atoms with E-state index in [0.717, 1.165) is 26.1 Å². The zero-order chi connectivity index (χ0) is 17.3. The molecule has 1 atom stereocenters. The first-order chi connectivity index (χ1) is 12.3. The van der Waals surface area contributed by atoms with Gasteiger partial charge in [-0.15, -0.1) is 0 Å². The van der Waals surface area contributed by atoms with Gasteiger partial charge >= 0.3 is 0 Å². The van der Waals surface area contributed by atoms with Gasteiger partial charge in [0.15, 0.2) is 0 Å². The van der Waals surface area contributed by atoms with Crippen molar-refractivity contribution in [3.05, 3.63) is 71.3 Å². The van der Waals surface area contributed by atoms with Gasteiger partial charge in [-0.3, -0.25) is 4.90 Å². The molecule has 3 rings (SSSR count). The monoisotopic (exact) mass is 338 g/mol. The highest BCUT2D eigenvalue weighted by Crippen LogP contribution is 2.13. The van der Waals surface area contributed by atoms with Gasteiger partial charge in [0, 0.05) is 26.2 Å². The maximum absolute atomic E-state index is 5.39. The average Bonchev–Trinajstić information content (AvgIpc) is 3.15. The van der Waals surface area contributed by atoms with Crippen LogP contribution in [-0.2, 0) is 24.2 Å². The highest BCUT2D eigenvalue weighted by molar-refractivity contribution is 5.23. The number of hydrogen-bond acceptors (Lipinski definition) is 3. The third-order valence-corrected chi connectivity index (χ3v) is 4.92. The lowest BCUT2D eigenvalue weighted by Gasteiger charge is -2.19. The normalized spacial score (nSPS) is 16.2. The van der Waals surface area contributed by atoms with Crippen molar-refractivity contribution in [2.75, 3.05) is 26.8 Å². The number of methoxy groups -OCH3 is 1. The number of hydrogen-bond donors (Lipinski definition) is 1. The molecule has 0 radical (unpaired) electrons. The molecule has 1 N–H and O–H groups in total. The van der Waals surface area contributed by atoms with Crippen LogP contribution in [0.15, 0.2) is 54.6 Å². The maximum Gasteiger partial charge on any atom is 0.0619 e. The second-order valence-corrected chi connectivity index (χ2v) is 7.02. The van der Waals surface area contributed by atoms with Crippen molar-refractivity contribution in [3.63, 3.8) is 0 Å². The quantitative estimate of drug-likeness (QED) is 0.756. The third kappa shape index (κ3) is 5.96.